The molecule has 1 amide bonds. The Kier molecular flexibility index (Phi) is 5.77. The number of hydrogen-bond donors (Lipinski definition) is 2. The van der Waals surface area contributed by atoms with Crippen LogP contribution in [0.4, 0.5) is 5.00 Å². The second-order valence-corrected chi connectivity index (χ2v) is 11.4. The van der Waals surface area contributed by atoms with Gasteiger partial charge in [-0.25, -0.2) is 0 Å². The van der Waals surface area contributed by atoms with E-state index in [-0.39, 0.29) is 12.1 Å². The predicted molar refractivity (Wildman–Crippen MR) is 126 cm³/mol. The molecule has 29 heavy (non-hydrogen) atoms. The van der Waals surface area contributed by atoms with Crippen LogP contribution in [0.1, 0.15) is 66.1 Å². The van der Waals surface area contributed by atoms with Crippen molar-refractivity contribution < 1.29 is 9.53 Å². The molecule has 1 aromatic carbocycles. The van der Waals surface area contributed by atoms with Gasteiger partial charge in [-0.15, -0.1) is 11.3 Å². The Morgan fingerprint density at radius 3 is 2.55 bits per heavy atom. The lowest BCUT2D eigenvalue weighted by Gasteiger charge is -2.36. The van der Waals surface area contributed by atoms with E-state index in [9.17, 15) is 4.79 Å². The predicted octanol–water partition coefficient (Wildman–Crippen LogP) is 6.68. The summed E-state index contributed by atoms with van der Waals surface area (Å²) in [6.07, 6.45) is 4.14. The number of ether oxygens (including phenoxy) is 1. The van der Waals surface area contributed by atoms with Gasteiger partial charge in [0.05, 0.1) is 21.6 Å². The van der Waals surface area contributed by atoms with Crippen molar-refractivity contribution in [2.45, 2.75) is 52.6 Å². The number of carbonyl (C=O) groups excluding carboxylic acids is 1. The number of fused-ring (bicyclic) bond motifs is 3. The van der Waals surface area contributed by atoms with Gasteiger partial charge in [-0.05, 0) is 85.7 Å². The number of halogens is 2. The summed E-state index contributed by atoms with van der Waals surface area (Å²) >= 11 is 8.88. The molecule has 156 valence electrons. The highest BCUT2D eigenvalue weighted by Gasteiger charge is 2.37. The highest BCUT2D eigenvalue weighted by molar-refractivity contribution is 9.11. The van der Waals surface area contributed by atoms with Crippen LogP contribution in [0.3, 0.4) is 0 Å². The van der Waals surface area contributed by atoms with E-state index in [2.05, 4.69) is 63.3 Å². The quantitative estimate of drug-likeness (QED) is 0.454. The minimum atomic E-state index is -0.267. The zero-order valence-corrected chi connectivity index (χ0v) is 21.1. The third-order valence-electron chi connectivity index (χ3n) is 6.62. The highest BCUT2D eigenvalue weighted by Crippen LogP contribution is 2.47. The van der Waals surface area contributed by atoms with Gasteiger partial charge in [0.1, 0.15) is 16.9 Å². The molecule has 2 N–H and O–H groups in total. The molecular weight excluding hydrogens is 516 g/mol. The van der Waals surface area contributed by atoms with E-state index >= 15 is 0 Å². The highest BCUT2D eigenvalue weighted by atomic mass is 79.9. The normalized spacial score (nSPS) is 21.1. The number of carbonyl (C=O) groups is 1. The summed E-state index contributed by atoms with van der Waals surface area (Å²) in [6, 6.07) is 3.97. The van der Waals surface area contributed by atoms with E-state index in [1.807, 2.05) is 12.1 Å². The molecule has 0 saturated heterocycles. The Labute approximate surface area is 193 Å². The Morgan fingerprint density at radius 1 is 1.24 bits per heavy atom. The summed E-state index contributed by atoms with van der Waals surface area (Å²) in [5, 5.41) is 7.71. The first-order chi connectivity index (χ1) is 13.7. The minimum Gasteiger partial charge on any atom is -0.494 e. The molecule has 0 unspecified atom stereocenters. The second-order valence-electron chi connectivity index (χ2n) is 8.56. The van der Waals surface area contributed by atoms with E-state index in [4.69, 9.17) is 4.74 Å². The van der Waals surface area contributed by atoms with Crippen molar-refractivity contribution in [3.8, 4) is 5.75 Å². The van der Waals surface area contributed by atoms with Crippen molar-refractivity contribution in [1.82, 2.24) is 5.32 Å². The molecule has 0 radical (unpaired) electrons. The monoisotopic (exact) mass is 540 g/mol. The van der Waals surface area contributed by atoms with Gasteiger partial charge < -0.3 is 15.4 Å². The zero-order valence-electron chi connectivity index (χ0n) is 17.1. The van der Waals surface area contributed by atoms with Crippen LogP contribution in [0.2, 0.25) is 0 Å². The molecule has 2 atom stereocenters. The molecule has 0 spiro atoms. The summed E-state index contributed by atoms with van der Waals surface area (Å²) in [5.74, 6) is 1.44. The van der Waals surface area contributed by atoms with Crippen LogP contribution in [0.5, 0.6) is 5.75 Å². The number of thiophene rings is 1. The van der Waals surface area contributed by atoms with Crippen LogP contribution in [-0.4, -0.2) is 13.0 Å². The summed E-state index contributed by atoms with van der Waals surface area (Å²) in [7, 11) is 1.64. The maximum atomic E-state index is 13.0. The number of anilines is 1. The lowest BCUT2D eigenvalue weighted by atomic mass is 9.69. The zero-order chi connectivity index (χ0) is 20.9. The van der Waals surface area contributed by atoms with Crippen LogP contribution in [0, 0.1) is 11.3 Å². The Balaban J connectivity index is 1.64. The largest absolute Gasteiger partial charge is 0.494 e. The maximum absolute atomic E-state index is 13.0. The summed E-state index contributed by atoms with van der Waals surface area (Å²) in [5.41, 5.74) is 3.43. The number of rotatable bonds is 4. The smallest absolute Gasteiger partial charge is 0.256 e. The molecule has 2 heterocycles. The van der Waals surface area contributed by atoms with E-state index in [1.54, 1.807) is 18.4 Å². The first-order valence-electron chi connectivity index (χ1n) is 10.00. The van der Waals surface area contributed by atoms with E-state index in [0.29, 0.717) is 11.3 Å². The fraction of sp³-hybridized carbons (Fsp3) is 0.500. The van der Waals surface area contributed by atoms with Crippen molar-refractivity contribution in [2.75, 3.05) is 12.4 Å². The van der Waals surface area contributed by atoms with Gasteiger partial charge >= 0.3 is 0 Å². The van der Waals surface area contributed by atoms with Crippen molar-refractivity contribution in [3.05, 3.63) is 42.6 Å². The standard InChI is InChI=1S/C22H26Br2N2O2S/c1-5-22(2,3)12-6-7-13-16(10-12)29-21-17(13)20(27)25-19(26-21)11-8-14(23)18(28-4)15(24)9-11/h8-9,12,19,26H,5-7,10H2,1-4H3,(H,25,27)/t12-,19-/m1/s1. The number of nitrogens with one attached hydrogen (secondary N) is 2. The number of amides is 1. The summed E-state index contributed by atoms with van der Waals surface area (Å²) < 4.78 is 7.09. The molecule has 2 aromatic rings. The van der Waals surface area contributed by atoms with Gasteiger partial charge in [-0.1, -0.05) is 27.2 Å². The number of hydrogen-bond acceptors (Lipinski definition) is 4. The first-order valence-corrected chi connectivity index (χ1v) is 12.4. The molecule has 0 saturated carbocycles. The van der Waals surface area contributed by atoms with Gasteiger partial charge in [-0.2, -0.15) is 0 Å². The first kappa shape index (κ1) is 21.2. The van der Waals surface area contributed by atoms with E-state index in [1.165, 1.54) is 16.9 Å². The lowest BCUT2D eigenvalue weighted by molar-refractivity contribution is 0.0934. The molecule has 4 rings (SSSR count). The SMILES string of the molecule is CCC(C)(C)[C@@H]1CCc2c(sc3c2C(=O)N[C@@H](c2cc(Br)c(OC)c(Br)c2)N3)C1. The molecule has 7 heteroatoms. The van der Waals surface area contributed by atoms with Gasteiger partial charge in [0.2, 0.25) is 0 Å². The Bertz CT molecular complexity index is 947. The minimum absolute atomic E-state index is 0.0255. The lowest BCUT2D eigenvalue weighted by Crippen LogP contribution is -2.38. The van der Waals surface area contributed by atoms with Crippen LogP contribution in [0.15, 0.2) is 21.1 Å². The molecule has 0 fully saturated rings. The third-order valence-corrected chi connectivity index (χ3v) is 8.98. The van der Waals surface area contributed by atoms with Gasteiger partial charge in [0, 0.05) is 4.88 Å². The molecule has 1 aromatic heterocycles. The average molecular weight is 542 g/mol. The maximum Gasteiger partial charge on any atom is 0.256 e. The average Bonchev–Trinajstić information content (AvgIpc) is 3.05. The second kappa shape index (κ2) is 7.89. The van der Waals surface area contributed by atoms with Crippen molar-refractivity contribution in [2.24, 2.45) is 11.3 Å². The molecule has 1 aliphatic carbocycles. The molecule has 0 bridgehead atoms. The molecular formula is C22H26Br2N2O2S. The van der Waals surface area contributed by atoms with Crippen LogP contribution >= 0.6 is 43.2 Å². The summed E-state index contributed by atoms with van der Waals surface area (Å²) in [4.78, 5) is 14.4. The topological polar surface area (TPSA) is 50.4 Å². The summed E-state index contributed by atoms with van der Waals surface area (Å²) in [6.45, 7) is 7.02. The van der Waals surface area contributed by atoms with Crippen LogP contribution in [-0.2, 0) is 12.8 Å². The van der Waals surface area contributed by atoms with E-state index < -0.39 is 0 Å². The Morgan fingerprint density at radius 2 is 1.93 bits per heavy atom. The van der Waals surface area contributed by atoms with Crippen LogP contribution in [0.25, 0.3) is 0 Å². The van der Waals surface area contributed by atoms with Gasteiger partial charge in [-0.3, -0.25) is 4.79 Å². The number of benzene rings is 1. The third kappa shape index (κ3) is 3.74. The molecule has 4 nitrogen and oxygen atoms in total. The van der Waals surface area contributed by atoms with Crippen molar-refractivity contribution in [1.29, 1.82) is 0 Å². The molecule has 1 aliphatic heterocycles. The number of methoxy groups -OCH3 is 1. The van der Waals surface area contributed by atoms with Gasteiger partial charge in [0.25, 0.3) is 5.91 Å². The van der Waals surface area contributed by atoms with Crippen molar-refractivity contribution in [3.63, 3.8) is 0 Å². The Hall–Kier alpha value is -1.05. The molecule has 2 aliphatic rings. The van der Waals surface area contributed by atoms with Crippen molar-refractivity contribution >= 4 is 54.1 Å². The van der Waals surface area contributed by atoms with E-state index in [0.717, 1.165) is 50.1 Å². The fourth-order valence-electron chi connectivity index (χ4n) is 4.36. The fourth-order valence-corrected chi connectivity index (χ4v) is 7.26. The van der Waals surface area contributed by atoms with Gasteiger partial charge in [0.15, 0.2) is 0 Å². The van der Waals surface area contributed by atoms with Crippen LogP contribution < -0.4 is 15.4 Å².